The Morgan fingerprint density at radius 1 is 1.30 bits per heavy atom. The lowest BCUT2D eigenvalue weighted by Gasteiger charge is -2.13. The van der Waals surface area contributed by atoms with Crippen LogP contribution in [0, 0.1) is 0 Å². The fraction of sp³-hybridized carbons (Fsp3) is 0.500. The highest BCUT2D eigenvalue weighted by atomic mass is 35.5. The van der Waals surface area contributed by atoms with E-state index in [2.05, 4.69) is 17.7 Å². The van der Waals surface area contributed by atoms with Crippen LogP contribution in [0.4, 0.5) is 0 Å². The van der Waals surface area contributed by atoms with E-state index in [1.807, 2.05) is 12.1 Å². The summed E-state index contributed by atoms with van der Waals surface area (Å²) >= 11 is 6.18. The molecule has 134 valence electrons. The number of benzene rings is 1. The van der Waals surface area contributed by atoms with Gasteiger partial charge in [0.1, 0.15) is 6.54 Å². The van der Waals surface area contributed by atoms with Crippen LogP contribution in [0.25, 0.3) is 0 Å². The first-order valence-electron chi connectivity index (χ1n) is 6.95. The molecule has 0 aliphatic rings. The van der Waals surface area contributed by atoms with E-state index < -0.39 is 5.91 Å². The number of quaternary nitrogens is 2. The molecule has 0 saturated heterocycles. The maximum Gasteiger partial charge on any atom is 0.255 e. The number of amides is 1. The summed E-state index contributed by atoms with van der Waals surface area (Å²) in [7, 11) is 3.60. The normalized spacial score (nSPS) is 9.52. The van der Waals surface area contributed by atoms with Gasteiger partial charge in [0.2, 0.25) is 0 Å². The summed E-state index contributed by atoms with van der Waals surface area (Å²) in [5.41, 5.74) is 6.11. The molecule has 0 bridgehead atoms. The van der Waals surface area contributed by atoms with Crippen molar-refractivity contribution in [2.24, 2.45) is 5.73 Å². The number of primary amides is 1. The molecule has 1 rings (SSSR count). The summed E-state index contributed by atoms with van der Waals surface area (Å²) in [6.07, 6.45) is 1.15. The van der Waals surface area contributed by atoms with Gasteiger partial charge in [0.25, 0.3) is 5.91 Å². The first-order valence-corrected chi connectivity index (χ1v) is 7.33. The molecule has 0 heterocycles. The zero-order valence-corrected chi connectivity index (χ0v) is 15.5. The van der Waals surface area contributed by atoms with E-state index in [0.29, 0.717) is 16.5 Å². The first-order chi connectivity index (χ1) is 10.1. The summed E-state index contributed by atoms with van der Waals surface area (Å²) in [5, 5.41) is 4.80. The molecule has 0 fully saturated rings. The van der Waals surface area contributed by atoms with E-state index in [-0.39, 0.29) is 31.4 Å². The molecule has 0 unspecified atom stereocenters. The Kier molecular flexibility index (Phi) is 14.3. The molecule has 1 aromatic carbocycles. The zero-order chi connectivity index (χ0) is 15.7. The molecule has 0 aromatic heterocycles. The minimum atomic E-state index is -0.557. The summed E-state index contributed by atoms with van der Waals surface area (Å²) < 4.78 is 10.6. The lowest BCUT2D eigenvalue weighted by molar-refractivity contribution is -0.682. The number of nitrogens with two attached hydrogens (primary N) is 3. The van der Waals surface area contributed by atoms with Crippen LogP contribution in [0.5, 0.6) is 11.5 Å². The maximum atomic E-state index is 10.8. The molecule has 6 N–H and O–H groups in total. The van der Waals surface area contributed by atoms with E-state index in [0.717, 1.165) is 31.6 Å². The maximum absolute atomic E-state index is 10.8. The fourth-order valence-electron chi connectivity index (χ4n) is 1.91. The van der Waals surface area contributed by atoms with Crippen molar-refractivity contribution in [3.05, 3.63) is 22.7 Å². The zero-order valence-electron chi connectivity index (χ0n) is 13.3. The number of carbonyl (C=O) groups excluding carboxylic acids is 1. The van der Waals surface area contributed by atoms with E-state index in [1.165, 1.54) is 7.11 Å². The van der Waals surface area contributed by atoms with Gasteiger partial charge in [0, 0.05) is 12.0 Å². The number of halogens is 3. The number of hydrogen-bond acceptors (Lipinski definition) is 3. The summed E-state index contributed by atoms with van der Waals surface area (Å²) in [6, 6.07) is 3.69. The topological polar surface area (TPSA) is 94.8 Å². The Morgan fingerprint density at radius 2 is 2.00 bits per heavy atom. The van der Waals surface area contributed by atoms with Gasteiger partial charge in [-0.3, -0.25) is 4.79 Å². The van der Waals surface area contributed by atoms with Gasteiger partial charge in [0.15, 0.2) is 18.1 Å². The van der Waals surface area contributed by atoms with Crippen molar-refractivity contribution < 1.29 is 49.7 Å². The molecule has 0 radical (unpaired) electrons. The van der Waals surface area contributed by atoms with Crippen LogP contribution in [0.15, 0.2) is 12.1 Å². The molecule has 23 heavy (non-hydrogen) atoms. The van der Waals surface area contributed by atoms with Crippen molar-refractivity contribution >= 4 is 17.5 Å². The second kappa shape index (κ2) is 13.5. The van der Waals surface area contributed by atoms with Crippen LogP contribution in [0.1, 0.15) is 12.0 Å². The average molecular weight is 389 g/mol. The fourth-order valence-corrected chi connectivity index (χ4v) is 2.20. The van der Waals surface area contributed by atoms with Gasteiger partial charge in [0.05, 0.1) is 32.3 Å². The Balaban J connectivity index is 0. The van der Waals surface area contributed by atoms with Gasteiger partial charge in [-0.1, -0.05) is 11.6 Å². The third kappa shape index (κ3) is 9.07. The summed E-state index contributed by atoms with van der Waals surface area (Å²) in [4.78, 5) is 10.8. The smallest absolute Gasteiger partial charge is 0.255 e. The second-order valence-electron chi connectivity index (χ2n) is 4.70. The first kappa shape index (κ1) is 24.3. The molecule has 1 aromatic rings. The number of hydrogen-bond donors (Lipinski definition) is 3. The van der Waals surface area contributed by atoms with Gasteiger partial charge in [-0.05, 0) is 12.1 Å². The Hall–Kier alpha value is -0.920. The van der Waals surface area contributed by atoms with E-state index >= 15 is 0 Å². The SMILES string of the molecule is C[NH2+]CCC[NH2+]Cc1cc(Cl)c(OCC(N)=O)c(OC)c1.[Cl-].[Cl-]. The van der Waals surface area contributed by atoms with Crippen molar-refractivity contribution in [2.45, 2.75) is 13.0 Å². The van der Waals surface area contributed by atoms with Crippen LogP contribution in [0.2, 0.25) is 5.02 Å². The van der Waals surface area contributed by atoms with Crippen LogP contribution in [-0.2, 0) is 11.3 Å². The van der Waals surface area contributed by atoms with Crippen LogP contribution < -0.4 is 50.7 Å². The van der Waals surface area contributed by atoms with Gasteiger partial charge in [-0.2, -0.15) is 0 Å². The van der Waals surface area contributed by atoms with Crippen LogP contribution >= 0.6 is 11.6 Å². The predicted octanol–water partition coefficient (Wildman–Crippen LogP) is -7.13. The lowest BCUT2D eigenvalue weighted by Crippen LogP contribution is -3.00. The Bertz CT molecular complexity index is 476. The number of rotatable bonds is 10. The molecule has 1 amide bonds. The highest BCUT2D eigenvalue weighted by Crippen LogP contribution is 2.36. The highest BCUT2D eigenvalue weighted by Gasteiger charge is 2.13. The second-order valence-corrected chi connectivity index (χ2v) is 5.10. The van der Waals surface area contributed by atoms with E-state index in [4.69, 9.17) is 26.8 Å². The standard InChI is InChI=1S/C14H22ClN3O3.2ClH/c1-17-4-3-5-18-8-10-6-11(15)14(12(7-10)20-2)21-9-13(16)19;;/h6-7,17-18H,3-5,8-9H2,1-2H3,(H2,16,19);2*1H. The van der Waals surface area contributed by atoms with E-state index in [1.54, 1.807) is 0 Å². The van der Waals surface area contributed by atoms with Gasteiger partial charge in [-0.15, -0.1) is 0 Å². The van der Waals surface area contributed by atoms with Crippen molar-refractivity contribution in [3.63, 3.8) is 0 Å². The number of methoxy groups -OCH3 is 1. The monoisotopic (exact) mass is 387 g/mol. The number of ether oxygens (including phenoxy) is 2. The van der Waals surface area contributed by atoms with Crippen molar-refractivity contribution in [2.75, 3.05) is 33.9 Å². The summed E-state index contributed by atoms with van der Waals surface area (Å²) in [5.74, 6) is 0.301. The Morgan fingerprint density at radius 3 is 2.57 bits per heavy atom. The van der Waals surface area contributed by atoms with Crippen molar-refractivity contribution in [1.82, 2.24) is 0 Å². The minimum Gasteiger partial charge on any atom is -1.00 e. The van der Waals surface area contributed by atoms with Gasteiger partial charge >= 0.3 is 0 Å². The molecule has 0 aliphatic heterocycles. The van der Waals surface area contributed by atoms with Crippen LogP contribution in [0.3, 0.4) is 0 Å². The molecule has 0 aliphatic carbocycles. The molecule has 6 nitrogen and oxygen atoms in total. The van der Waals surface area contributed by atoms with Crippen molar-refractivity contribution in [1.29, 1.82) is 0 Å². The average Bonchev–Trinajstić information content (AvgIpc) is 2.45. The highest BCUT2D eigenvalue weighted by molar-refractivity contribution is 6.32. The van der Waals surface area contributed by atoms with Gasteiger partial charge in [-0.25, -0.2) is 0 Å². The third-order valence-electron chi connectivity index (χ3n) is 2.93. The molecular weight excluding hydrogens is 365 g/mol. The van der Waals surface area contributed by atoms with E-state index in [9.17, 15) is 4.79 Å². The molecule has 0 spiro atoms. The quantitative estimate of drug-likeness (QED) is 0.348. The largest absolute Gasteiger partial charge is 1.00 e. The third-order valence-corrected chi connectivity index (χ3v) is 3.21. The minimum absolute atomic E-state index is 0. The van der Waals surface area contributed by atoms with Crippen molar-refractivity contribution in [3.8, 4) is 11.5 Å². The van der Waals surface area contributed by atoms with Crippen LogP contribution in [-0.4, -0.2) is 39.8 Å². The predicted molar refractivity (Wildman–Crippen MR) is 80.5 cm³/mol. The molecule has 0 atom stereocenters. The Labute approximate surface area is 154 Å². The summed E-state index contributed by atoms with van der Waals surface area (Å²) in [6.45, 7) is 2.77. The molecule has 0 saturated carbocycles. The molecular formula is C14H24Cl3N3O3. The number of carbonyl (C=O) groups is 1. The lowest BCUT2D eigenvalue weighted by atomic mass is 10.2. The van der Waals surface area contributed by atoms with Gasteiger partial charge < -0.3 is 50.7 Å². The molecule has 9 heteroatoms.